The number of guanidine groups is 1. The molecule has 0 atom stereocenters. The Morgan fingerprint density at radius 3 is 2.48 bits per heavy atom. The normalized spacial score (nSPS) is 16.7. The minimum absolute atomic E-state index is 0. The Kier molecular flexibility index (Phi) is 9.34. The van der Waals surface area contributed by atoms with E-state index in [1.54, 1.807) is 6.07 Å². The summed E-state index contributed by atoms with van der Waals surface area (Å²) in [6.45, 7) is 8.06. The van der Waals surface area contributed by atoms with Crippen LogP contribution in [0.1, 0.15) is 30.9 Å². The maximum atomic E-state index is 14.1. The van der Waals surface area contributed by atoms with Crippen LogP contribution in [-0.4, -0.2) is 60.9 Å². The van der Waals surface area contributed by atoms with Crippen LogP contribution in [0.5, 0.6) is 0 Å². The third kappa shape index (κ3) is 6.59. The highest BCUT2D eigenvalue weighted by Crippen LogP contribution is 2.20. The number of carbonyl (C=O) groups excluding carboxylic acids is 1. The van der Waals surface area contributed by atoms with Crippen molar-refractivity contribution in [3.8, 4) is 0 Å². The SMILES string of the molecule is CCNC(=NCc1cccc(CN2CCCC2=O)c1)N1CCN(c2ccccc2F)CC1.I. The van der Waals surface area contributed by atoms with E-state index >= 15 is 0 Å². The van der Waals surface area contributed by atoms with Gasteiger partial charge in [-0.25, -0.2) is 9.38 Å². The number of para-hydroxylation sites is 1. The highest BCUT2D eigenvalue weighted by atomic mass is 127. The van der Waals surface area contributed by atoms with Crippen molar-refractivity contribution in [1.29, 1.82) is 0 Å². The second-order valence-electron chi connectivity index (χ2n) is 8.33. The summed E-state index contributed by atoms with van der Waals surface area (Å²) in [4.78, 5) is 23.1. The minimum Gasteiger partial charge on any atom is -0.366 e. The molecule has 4 rings (SSSR count). The molecule has 0 unspecified atom stereocenters. The molecule has 0 bridgehead atoms. The Morgan fingerprint density at radius 1 is 1.03 bits per heavy atom. The number of nitrogens with one attached hydrogen (secondary N) is 1. The van der Waals surface area contributed by atoms with E-state index in [1.807, 2.05) is 23.1 Å². The fraction of sp³-hybridized carbons (Fsp3) is 0.440. The van der Waals surface area contributed by atoms with Crippen LogP contribution >= 0.6 is 24.0 Å². The third-order valence-corrected chi connectivity index (χ3v) is 6.05. The number of aliphatic imine (C=N–C) groups is 1. The lowest BCUT2D eigenvalue weighted by molar-refractivity contribution is -0.128. The molecule has 2 fully saturated rings. The van der Waals surface area contributed by atoms with Crippen molar-refractivity contribution in [2.45, 2.75) is 32.9 Å². The number of hydrogen-bond acceptors (Lipinski definition) is 3. The molecule has 1 amide bonds. The molecule has 0 radical (unpaired) electrons. The van der Waals surface area contributed by atoms with Gasteiger partial charge in [0.15, 0.2) is 5.96 Å². The van der Waals surface area contributed by atoms with Crippen LogP contribution in [0.3, 0.4) is 0 Å². The molecule has 2 aromatic carbocycles. The zero-order valence-corrected chi connectivity index (χ0v) is 21.5. The zero-order valence-electron chi connectivity index (χ0n) is 19.2. The maximum absolute atomic E-state index is 14.1. The standard InChI is InChI=1S/C25H32FN5O.HI/c1-2-27-25(30-15-13-29(14-16-30)23-10-4-3-9-22(23)26)28-18-20-7-5-8-21(17-20)19-31-12-6-11-24(31)32;/h3-5,7-10,17H,2,6,11-16,18-19H2,1H3,(H,27,28);1H. The highest BCUT2D eigenvalue weighted by molar-refractivity contribution is 14.0. The van der Waals surface area contributed by atoms with Gasteiger partial charge in [0.25, 0.3) is 0 Å². The van der Waals surface area contributed by atoms with Crippen LogP contribution in [-0.2, 0) is 17.9 Å². The van der Waals surface area contributed by atoms with Crippen LogP contribution in [0.25, 0.3) is 0 Å². The fourth-order valence-electron chi connectivity index (χ4n) is 4.38. The first-order valence-corrected chi connectivity index (χ1v) is 11.5. The van der Waals surface area contributed by atoms with Gasteiger partial charge in [-0.3, -0.25) is 4.79 Å². The summed E-state index contributed by atoms with van der Waals surface area (Å²) in [6, 6.07) is 15.3. The largest absolute Gasteiger partial charge is 0.366 e. The number of anilines is 1. The van der Waals surface area contributed by atoms with Gasteiger partial charge in [0, 0.05) is 52.2 Å². The smallest absolute Gasteiger partial charge is 0.222 e. The second kappa shape index (κ2) is 12.2. The number of piperazine rings is 1. The molecule has 6 nitrogen and oxygen atoms in total. The van der Waals surface area contributed by atoms with Gasteiger partial charge in [-0.1, -0.05) is 36.4 Å². The minimum atomic E-state index is -0.169. The van der Waals surface area contributed by atoms with Crippen LogP contribution in [0.4, 0.5) is 10.1 Å². The van der Waals surface area contributed by atoms with E-state index in [2.05, 4.69) is 40.2 Å². The molecule has 2 aliphatic rings. The molecule has 1 N–H and O–H groups in total. The first kappa shape index (κ1) is 25.3. The zero-order chi connectivity index (χ0) is 22.3. The number of amides is 1. The van der Waals surface area contributed by atoms with E-state index in [0.717, 1.165) is 62.8 Å². The monoisotopic (exact) mass is 565 g/mol. The van der Waals surface area contributed by atoms with Gasteiger partial charge in [-0.15, -0.1) is 24.0 Å². The van der Waals surface area contributed by atoms with E-state index in [1.165, 1.54) is 6.07 Å². The number of nitrogens with zero attached hydrogens (tertiary/aromatic N) is 4. The Balaban J connectivity index is 0.00000306. The van der Waals surface area contributed by atoms with Crippen molar-refractivity contribution < 1.29 is 9.18 Å². The summed E-state index contributed by atoms with van der Waals surface area (Å²) < 4.78 is 14.1. The van der Waals surface area contributed by atoms with Crippen LogP contribution in [0.2, 0.25) is 0 Å². The van der Waals surface area contributed by atoms with E-state index in [0.29, 0.717) is 25.2 Å². The highest BCUT2D eigenvalue weighted by Gasteiger charge is 2.22. The third-order valence-electron chi connectivity index (χ3n) is 6.05. The Labute approximate surface area is 212 Å². The van der Waals surface area contributed by atoms with Crippen LogP contribution in [0, 0.1) is 5.82 Å². The van der Waals surface area contributed by atoms with Gasteiger partial charge < -0.3 is 20.0 Å². The molecule has 2 aromatic rings. The Hall–Kier alpha value is -2.36. The van der Waals surface area contributed by atoms with Gasteiger partial charge in [0.2, 0.25) is 5.91 Å². The predicted octanol–water partition coefficient (Wildman–Crippen LogP) is 3.85. The van der Waals surface area contributed by atoms with E-state index < -0.39 is 0 Å². The van der Waals surface area contributed by atoms with Crippen molar-refractivity contribution in [3.63, 3.8) is 0 Å². The molecule has 2 heterocycles. The Bertz CT molecular complexity index is 961. The lowest BCUT2D eigenvalue weighted by Crippen LogP contribution is -2.52. The molecule has 0 aromatic heterocycles. The van der Waals surface area contributed by atoms with Crippen LogP contribution < -0.4 is 10.2 Å². The topological polar surface area (TPSA) is 51.2 Å². The summed E-state index contributed by atoms with van der Waals surface area (Å²) in [5.74, 6) is 0.968. The lowest BCUT2D eigenvalue weighted by atomic mass is 10.1. The molecule has 0 aliphatic carbocycles. The van der Waals surface area contributed by atoms with Crippen molar-refractivity contribution in [3.05, 3.63) is 65.5 Å². The van der Waals surface area contributed by atoms with Crippen LogP contribution in [0.15, 0.2) is 53.5 Å². The predicted molar refractivity (Wildman–Crippen MR) is 142 cm³/mol. The molecule has 8 heteroatoms. The van der Waals surface area contributed by atoms with E-state index in [9.17, 15) is 9.18 Å². The number of likely N-dealkylation sites (tertiary alicyclic amines) is 1. The average molecular weight is 565 g/mol. The first-order chi connectivity index (χ1) is 15.6. The number of rotatable bonds is 6. The summed E-state index contributed by atoms with van der Waals surface area (Å²) in [5, 5.41) is 3.40. The molecule has 33 heavy (non-hydrogen) atoms. The molecule has 2 aliphatic heterocycles. The number of hydrogen-bond donors (Lipinski definition) is 1. The van der Waals surface area contributed by atoms with E-state index in [4.69, 9.17) is 4.99 Å². The van der Waals surface area contributed by atoms with Gasteiger partial charge in [0.1, 0.15) is 5.82 Å². The van der Waals surface area contributed by atoms with Gasteiger partial charge in [-0.05, 0) is 36.6 Å². The Morgan fingerprint density at radius 2 is 1.79 bits per heavy atom. The number of benzene rings is 2. The summed E-state index contributed by atoms with van der Waals surface area (Å²) >= 11 is 0. The van der Waals surface area contributed by atoms with Gasteiger partial charge in [0.05, 0.1) is 12.2 Å². The molecule has 0 spiro atoms. The van der Waals surface area contributed by atoms with Gasteiger partial charge in [-0.2, -0.15) is 0 Å². The van der Waals surface area contributed by atoms with E-state index in [-0.39, 0.29) is 35.7 Å². The summed E-state index contributed by atoms with van der Waals surface area (Å²) in [5.41, 5.74) is 2.95. The van der Waals surface area contributed by atoms with Crippen molar-refractivity contribution in [1.82, 2.24) is 15.1 Å². The average Bonchev–Trinajstić information content (AvgIpc) is 3.21. The fourth-order valence-corrected chi connectivity index (χ4v) is 4.38. The van der Waals surface area contributed by atoms with Crippen molar-refractivity contribution >= 4 is 41.5 Å². The molecule has 178 valence electrons. The second-order valence-corrected chi connectivity index (χ2v) is 8.33. The first-order valence-electron chi connectivity index (χ1n) is 11.5. The molecule has 0 saturated carbocycles. The quantitative estimate of drug-likeness (QED) is 0.329. The van der Waals surface area contributed by atoms with Gasteiger partial charge >= 0.3 is 0 Å². The molecular formula is C25H33FIN5O. The van der Waals surface area contributed by atoms with Crippen molar-refractivity contribution in [2.75, 3.05) is 44.2 Å². The lowest BCUT2D eigenvalue weighted by Gasteiger charge is -2.37. The number of carbonyl (C=O) groups is 1. The van der Waals surface area contributed by atoms with Crippen molar-refractivity contribution in [2.24, 2.45) is 4.99 Å². The summed E-state index contributed by atoms with van der Waals surface area (Å²) in [6.07, 6.45) is 1.62. The summed E-state index contributed by atoms with van der Waals surface area (Å²) in [7, 11) is 0. The molecule has 2 saturated heterocycles. The molecular weight excluding hydrogens is 532 g/mol. The number of halogens is 2. The maximum Gasteiger partial charge on any atom is 0.222 e.